The predicted molar refractivity (Wildman–Crippen MR) is 58.1 cm³/mol. The molecule has 82 valence electrons. The summed E-state index contributed by atoms with van der Waals surface area (Å²) in [4.78, 5) is 13.7. The van der Waals surface area contributed by atoms with Crippen molar-refractivity contribution in [3.05, 3.63) is 0 Å². The summed E-state index contributed by atoms with van der Waals surface area (Å²) in [5.41, 5.74) is 0. The van der Waals surface area contributed by atoms with Crippen LogP contribution in [0.1, 0.15) is 33.1 Å². The summed E-state index contributed by atoms with van der Waals surface area (Å²) in [5, 5.41) is 3.22. The van der Waals surface area contributed by atoms with Gasteiger partial charge in [0.2, 0.25) is 5.91 Å². The molecule has 1 rings (SSSR count). The number of likely N-dealkylation sites (N-methyl/N-ethyl adjacent to an activating group) is 1. The highest BCUT2D eigenvalue weighted by Gasteiger charge is 2.24. The van der Waals surface area contributed by atoms with E-state index in [9.17, 15) is 4.79 Å². The predicted octanol–water partition coefficient (Wildman–Crippen LogP) is 1.24. The first-order valence-electron chi connectivity index (χ1n) is 5.58. The summed E-state index contributed by atoms with van der Waals surface area (Å²) in [5.74, 6) is 0.957. The monoisotopic (exact) mass is 198 g/mol. The zero-order valence-electron chi connectivity index (χ0n) is 9.55. The van der Waals surface area contributed by atoms with Crippen LogP contribution in [0, 0.1) is 5.92 Å². The molecule has 14 heavy (non-hydrogen) atoms. The lowest BCUT2D eigenvalue weighted by atomic mass is 10.1. The second-order valence-corrected chi connectivity index (χ2v) is 4.55. The van der Waals surface area contributed by atoms with Crippen molar-refractivity contribution in [1.82, 2.24) is 10.2 Å². The number of carbonyl (C=O) groups is 1. The lowest BCUT2D eigenvalue weighted by molar-refractivity contribution is -0.130. The maximum absolute atomic E-state index is 11.7. The lowest BCUT2D eigenvalue weighted by Crippen LogP contribution is -2.33. The van der Waals surface area contributed by atoms with Crippen molar-refractivity contribution in [1.29, 1.82) is 0 Å². The zero-order chi connectivity index (χ0) is 10.6. The molecule has 1 aliphatic heterocycles. The normalized spacial score (nSPS) is 22.0. The van der Waals surface area contributed by atoms with Crippen LogP contribution in [-0.4, -0.2) is 37.0 Å². The number of nitrogens with zero attached hydrogens (tertiary/aromatic N) is 1. The molecule has 0 saturated carbocycles. The van der Waals surface area contributed by atoms with E-state index >= 15 is 0 Å². The third kappa shape index (κ3) is 3.29. The van der Waals surface area contributed by atoms with Crippen molar-refractivity contribution in [3.8, 4) is 0 Å². The molecule has 0 aromatic rings. The van der Waals surface area contributed by atoms with Crippen LogP contribution < -0.4 is 5.32 Å². The average molecular weight is 198 g/mol. The summed E-state index contributed by atoms with van der Waals surface area (Å²) in [6.07, 6.45) is 2.83. The van der Waals surface area contributed by atoms with Gasteiger partial charge in [0.15, 0.2) is 0 Å². The van der Waals surface area contributed by atoms with E-state index in [1.54, 1.807) is 0 Å². The minimum atomic E-state index is 0.330. The molecule has 1 atom stereocenters. The van der Waals surface area contributed by atoms with Gasteiger partial charge < -0.3 is 10.2 Å². The van der Waals surface area contributed by atoms with Gasteiger partial charge in [0.05, 0.1) is 0 Å². The molecule has 0 aromatic carbocycles. The summed E-state index contributed by atoms with van der Waals surface area (Å²) < 4.78 is 0. The second kappa shape index (κ2) is 5.35. The number of carbonyl (C=O) groups excluding carboxylic acids is 1. The van der Waals surface area contributed by atoms with E-state index in [2.05, 4.69) is 19.2 Å². The van der Waals surface area contributed by atoms with E-state index in [4.69, 9.17) is 0 Å². The van der Waals surface area contributed by atoms with Crippen LogP contribution in [-0.2, 0) is 4.79 Å². The van der Waals surface area contributed by atoms with E-state index < -0.39 is 0 Å². The van der Waals surface area contributed by atoms with Crippen molar-refractivity contribution < 1.29 is 4.79 Å². The van der Waals surface area contributed by atoms with Gasteiger partial charge in [-0.05, 0) is 25.8 Å². The molecule has 1 amide bonds. The average Bonchev–Trinajstić information content (AvgIpc) is 2.62. The minimum absolute atomic E-state index is 0.330. The maximum Gasteiger partial charge on any atom is 0.222 e. The molecule has 0 bridgehead atoms. The standard InChI is InChI=1S/C11H22N2O/c1-9(2)4-5-11(14)13-7-6-10(8-13)12-3/h9-10,12H,4-8H2,1-3H3. The van der Waals surface area contributed by atoms with Gasteiger partial charge in [0.1, 0.15) is 0 Å². The Hall–Kier alpha value is -0.570. The van der Waals surface area contributed by atoms with Crippen molar-refractivity contribution in [2.24, 2.45) is 5.92 Å². The summed E-state index contributed by atoms with van der Waals surface area (Å²) in [6.45, 7) is 6.15. The maximum atomic E-state index is 11.7. The van der Waals surface area contributed by atoms with Crippen LogP contribution in [0.4, 0.5) is 0 Å². The summed E-state index contributed by atoms with van der Waals surface area (Å²) in [6, 6.07) is 0.512. The molecule has 0 aromatic heterocycles. The van der Waals surface area contributed by atoms with Crippen molar-refractivity contribution >= 4 is 5.91 Å². The Bertz CT molecular complexity index is 192. The molecular formula is C11H22N2O. The highest BCUT2D eigenvalue weighted by atomic mass is 16.2. The van der Waals surface area contributed by atoms with Crippen molar-refractivity contribution in [2.45, 2.75) is 39.2 Å². The largest absolute Gasteiger partial charge is 0.341 e. The Labute approximate surface area is 86.9 Å². The Morgan fingerprint density at radius 1 is 1.57 bits per heavy atom. The van der Waals surface area contributed by atoms with Gasteiger partial charge in [-0.2, -0.15) is 0 Å². The first kappa shape index (κ1) is 11.5. The van der Waals surface area contributed by atoms with Gasteiger partial charge in [-0.25, -0.2) is 0 Å². The molecule has 0 spiro atoms. The van der Waals surface area contributed by atoms with Gasteiger partial charge in [-0.15, -0.1) is 0 Å². The minimum Gasteiger partial charge on any atom is -0.341 e. The quantitative estimate of drug-likeness (QED) is 0.737. The number of hydrogen-bond donors (Lipinski definition) is 1. The molecule has 1 unspecified atom stereocenters. The van der Waals surface area contributed by atoms with Crippen LogP contribution in [0.15, 0.2) is 0 Å². The molecule has 3 heteroatoms. The Morgan fingerprint density at radius 2 is 2.29 bits per heavy atom. The summed E-state index contributed by atoms with van der Waals surface area (Å²) in [7, 11) is 1.97. The molecule has 1 N–H and O–H groups in total. The van der Waals surface area contributed by atoms with E-state index in [1.165, 1.54) is 0 Å². The molecule has 1 aliphatic rings. The number of likely N-dealkylation sites (tertiary alicyclic amines) is 1. The number of hydrogen-bond acceptors (Lipinski definition) is 2. The first-order chi connectivity index (χ1) is 6.63. The smallest absolute Gasteiger partial charge is 0.222 e. The highest BCUT2D eigenvalue weighted by molar-refractivity contribution is 5.76. The fourth-order valence-corrected chi connectivity index (χ4v) is 1.79. The third-order valence-electron chi connectivity index (χ3n) is 2.88. The van der Waals surface area contributed by atoms with Gasteiger partial charge in [-0.1, -0.05) is 13.8 Å². The van der Waals surface area contributed by atoms with E-state index in [0.29, 0.717) is 24.3 Å². The number of amides is 1. The number of rotatable bonds is 4. The van der Waals surface area contributed by atoms with Gasteiger partial charge in [0.25, 0.3) is 0 Å². The number of nitrogens with one attached hydrogen (secondary N) is 1. The Kier molecular flexibility index (Phi) is 4.39. The van der Waals surface area contributed by atoms with Crippen LogP contribution in [0.2, 0.25) is 0 Å². The highest BCUT2D eigenvalue weighted by Crippen LogP contribution is 2.12. The fourth-order valence-electron chi connectivity index (χ4n) is 1.79. The van der Waals surface area contributed by atoms with Crippen LogP contribution in [0.25, 0.3) is 0 Å². The fraction of sp³-hybridized carbons (Fsp3) is 0.909. The second-order valence-electron chi connectivity index (χ2n) is 4.55. The third-order valence-corrected chi connectivity index (χ3v) is 2.88. The van der Waals surface area contributed by atoms with E-state index in [-0.39, 0.29) is 0 Å². The van der Waals surface area contributed by atoms with Crippen LogP contribution in [0.3, 0.4) is 0 Å². The molecule has 1 fully saturated rings. The van der Waals surface area contributed by atoms with Crippen LogP contribution in [0.5, 0.6) is 0 Å². The van der Waals surface area contributed by atoms with Gasteiger partial charge in [-0.3, -0.25) is 4.79 Å². The van der Waals surface area contributed by atoms with E-state index in [1.807, 2.05) is 11.9 Å². The molecule has 1 heterocycles. The van der Waals surface area contributed by atoms with Crippen molar-refractivity contribution in [2.75, 3.05) is 20.1 Å². The van der Waals surface area contributed by atoms with Crippen molar-refractivity contribution in [3.63, 3.8) is 0 Å². The molecule has 0 aliphatic carbocycles. The lowest BCUT2D eigenvalue weighted by Gasteiger charge is -2.16. The van der Waals surface area contributed by atoms with Gasteiger partial charge in [0, 0.05) is 25.6 Å². The zero-order valence-corrected chi connectivity index (χ0v) is 9.55. The molecule has 3 nitrogen and oxygen atoms in total. The Balaban J connectivity index is 2.25. The first-order valence-corrected chi connectivity index (χ1v) is 5.58. The van der Waals surface area contributed by atoms with E-state index in [0.717, 1.165) is 25.9 Å². The SMILES string of the molecule is CNC1CCN(C(=O)CCC(C)C)C1. The topological polar surface area (TPSA) is 32.3 Å². The molecule has 1 saturated heterocycles. The molecule has 0 radical (unpaired) electrons. The van der Waals surface area contributed by atoms with Crippen LogP contribution >= 0.6 is 0 Å². The summed E-state index contributed by atoms with van der Waals surface area (Å²) >= 11 is 0. The Morgan fingerprint density at radius 3 is 2.79 bits per heavy atom. The molecular weight excluding hydrogens is 176 g/mol. The van der Waals surface area contributed by atoms with Gasteiger partial charge >= 0.3 is 0 Å².